The van der Waals surface area contributed by atoms with Crippen molar-refractivity contribution in [3.8, 4) is 0 Å². The summed E-state index contributed by atoms with van der Waals surface area (Å²) in [5.74, 6) is 0.134. The van der Waals surface area contributed by atoms with Crippen molar-refractivity contribution in [3.63, 3.8) is 0 Å². The standard InChI is InChI=1S/C12H10ClN3O4S/c1-8-2-5-12(14-7-8)15-21(19,20)11-4-3-9(16(17)18)6-10(11)13/h2-7H,1H3,(H,14,15). The Kier molecular flexibility index (Phi) is 4.10. The number of aromatic nitrogens is 1. The average molecular weight is 328 g/mol. The highest BCUT2D eigenvalue weighted by Crippen LogP contribution is 2.27. The number of nitro benzene ring substituents is 1. The summed E-state index contributed by atoms with van der Waals surface area (Å²) in [6.07, 6.45) is 1.51. The predicted octanol–water partition coefficient (Wildman–Crippen LogP) is 2.75. The lowest BCUT2D eigenvalue weighted by Crippen LogP contribution is -2.14. The fourth-order valence-corrected chi connectivity index (χ4v) is 3.09. The first-order valence-corrected chi connectivity index (χ1v) is 7.55. The predicted molar refractivity (Wildman–Crippen MR) is 77.9 cm³/mol. The summed E-state index contributed by atoms with van der Waals surface area (Å²) in [6, 6.07) is 6.34. The molecule has 0 unspecified atom stereocenters. The number of halogens is 1. The lowest BCUT2D eigenvalue weighted by molar-refractivity contribution is -0.384. The molecule has 1 aromatic carbocycles. The third-order valence-electron chi connectivity index (χ3n) is 2.57. The topological polar surface area (TPSA) is 102 Å². The van der Waals surface area contributed by atoms with Gasteiger partial charge in [-0.05, 0) is 24.6 Å². The SMILES string of the molecule is Cc1ccc(NS(=O)(=O)c2ccc([N+](=O)[O-])cc2Cl)nc1. The number of sulfonamides is 1. The molecule has 0 aliphatic rings. The Hall–Kier alpha value is -2.19. The maximum Gasteiger partial charge on any atom is 0.271 e. The van der Waals surface area contributed by atoms with Crippen molar-refractivity contribution in [3.05, 3.63) is 57.2 Å². The van der Waals surface area contributed by atoms with E-state index in [0.29, 0.717) is 0 Å². The molecule has 0 saturated heterocycles. The van der Waals surface area contributed by atoms with Crippen LogP contribution in [0.1, 0.15) is 5.56 Å². The summed E-state index contributed by atoms with van der Waals surface area (Å²) >= 11 is 5.81. The molecule has 110 valence electrons. The molecule has 0 aliphatic heterocycles. The lowest BCUT2D eigenvalue weighted by atomic mass is 10.3. The van der Waals surface area contributed by atoms with E-state index in [0.717, 1.165) is 23.8 Å². The second-order valence-corrected chi connectivity index (χ2v) is 6.26. The van der Waals surface area contributed by atoms with Gasteiger partial charge in [-0.3, -0.25) is 14.8 Å². The van der Waals surface area contributed by atoms with E-state index in [2.05, 4.69) is 9.71 Å². The molecule has 1 N–H and O–H groups in total. The molecule has 1 aromatic heterocycles. The number of nitrogens with zero attached hydrogens (tertiary/aromatic N) is 2. The highest BCUT2D eigenvalue weighted by atomic mass is 35.5. The van der Waals surface area contributed by atoms with Gasteiger partial charge in [0.05, 0.1) is 9.95 Å². The van der Waals surface area contributed by atoms with Crippen LogP contribution in [-0.2, 0) is 10.0 Å². The minimum absolute atomic E-state index is 0.134. The summed E-state index contributed by atoms with van der Waals surface area (Å²) in [5.41, 5.74) is 0.596. The zero-order valence-corrected chi connectivity index (χ0v) is 12.4. The summed E-state index contributed by atoms with van der Waals surface area (Å²) in [7, 11) is -3.97. The molecule has 0 saturated carbocycles. The van der Waals surface area contributed by atoms with Gasteiger partial charge in [0, 0.05) is 18.3 Å². The second-order valence-electron chi connectivity index (χ2n) is 4.20. The maximum absolute atomic E-state index is 12.2. The molecule has 0 aliphatic carbocycles. The van der Waals surface area contributed by atoms with Crippen LogP contribution in [0.3, 0.4) is 0 Å². The summed E-state index contributed by atoms with van der Waals surface area (Å²) in [5, 5.41) is 10.4. The Morgan fingerprint density at radius 3 is 2.52 bits per heavy atom. The minimum Gasteiger partial charge on any atom is -0.263 e. The van der Waals surface area contributed by atoms with E-state index in [-0.39, 0.29) is 21.4 Å². The zero-order valence-electron chi connectivity index (χ0n) is 10.8. The van der Waals surface area contributed by atoms with Crippen molar-refractivity contribution >= 4 is 33.1 Å². The number of aryl methyl sites for hydroxylation is 1. The van der Waals surface area contributed by atoms with Gasteiger partial charge in [0.1, 0.15) is 10.7 Å². The maximum atomic E-state index is 12.2. The minimum atomic E-state index is -3.97. The quantitative estimate of drug-likeness (QED) is 0.687. The van der Waals surface area contributed by atoms with E-state index in [1.807, 2.05) is 6.92 Å². The van der Waals surface area contributed by atoms with Crippen LogP contribution in [-0.4, -0.2) is 18.3 Å². The van der Waals surface area contributed by atoms with Gasteiger partial charge in [0.15, 0.2) is 0 Å². The van der Waals surface area contributed by atoms with Crippen LogP contribution in [0.4, 0.5) is 11.5 Å². The third kappa shape index (κ3) is 3.47. The van der Waals surface area contributed by atoms with E-state index >= 15 is 0 Å². The summed E-state index contributed by atoms with van der Waals surface area (Å²) in [6.45, 7) is 1.82. The van der Waals surface area contributed by atoms with Crippen molar-refractivity contribution in [1.82, 2.24) is 4.98 Å². The zero-order chi connectivity index (χ0) is 15.6. The molecule has 9 heteroatoms. The van der Waals surface area contributed by atoms with E-state index in [4.69, 9.17) is 11.6 Å². The normalized spacial score (nSPS) is 11.1. The van der Waals surface area contributed by atoms with Crippen molar-refractivity contribution in [2.75, 3.05) is 4.72 Å². The number of hydrogen-bond donors (Lipinski definition) is 1. The highest BCUT2D eigenvalue weighted by Gasteiger charge is 2.21. The van der Waals surface area contributed by atoms with Crippen LogP contribution in [0.15, 0.2) is 41.4 Å². The number of nitro groups is 1. The van der Waals surface area contributed by atoms with Crippen molar-refractivity contribution in [2.24, 2.45) is 0 Å². The van der Waals surface area contributed by atoms with Gasteiger partial charge in [0.2, 0.25) is 0 Å². The van der Waals surface area contributed by atoms with Crippen LogP contribution in [0.25, 0.3) is 0 Å². The average Bonchev–Trinajstić information content (AvgIpc) is 2.40. The van der Waals surface area contributed by atoms with E-state index in [9.17, 15) is 18.5 Å². The monoisotopic (exact) mass is 327 g/mol. The number of nitrogens with one attached hydrogen (secondary N) is 1. The van der Waals surface area contributed by atoms with Gasteiger partial charge in [-0.2, -0.15) is 0 Å². The number of non-ortho nitro benzene ring substituents is 1. The van der Waals surface area contributed by atoms with E-state index in [1.54, 1.807) is 6.07 Å². The third-order valence-corrected chi connectivity index (χ3v) is 4.40. The smallest absolute Gasteiger partial charge is 0.263 e. The van der Waals surface area contributed by atoms with Crippen LogP contribution >= 0.6 is 11.6 Å². The Morgan fingerprint density at radius 2 is 2.00 bits per heavy atom. The van der Waals surface area contributed by atoms with E-state index < -0.39 is 14.9 Å². The van der Waals surface area contributed by atoms with E-state index in [1.165, 1.54) is 12.3 Å². The first-order chi connectivity index (χ1) is 9.79. The van der Waals surface area contributed by atoms with Crippen LogP contribution in [0.5, 0.6) is 0 Å². The molecule has 0 bridgehead atoms. The molecule has 0 atom stereocenters. The molecule has 2 aromatic rings. The highest BCUT2D eigenvalue weighted by molar-refractivity contribution is 7.92. The van der Waals surface area contributed by atoms with Gasteiger partial charge < -0.3 is 0 Å². The Balaban J connectivity index is 2.35. The first kappa shape index (κ1) is 15.2. The summed E-state index contributed by atoms with van der Waals surface area (Å²) < 4.78 is 26.6. The van der Waals surface area contributed by atoms with Gasteiger partial charge in [0.25, 0.3) is 15.7 Å². The molecule has 21 heavy (non-hydrogen) atoms. The fourth-order valence-electron chi connectivity index (χ4n) is 1.54. The fraction of sp³-hybridized carbons (Fsp3) is 0.0833. The molecule has 1 heterocycles. The van der Waals surface area contributed by atoms with Gasteiger partial charge in [-0.15, -0.1) is 0 Å². The molecule has 0 amide bonds. The molecule has 0 fully saturated rings. The van der Waals surface area contributed by atoms with Crippen molar-refractivity contribution in [2.45, 2.75) is 11.8 Å². The lowest BCUT2D eigenvalue weighted by Gasteiger charge is -2.08. The summed E-state index contributed by atoms with van der Waals surface area (Å²) in [4.78, 5) is 13.6. The van der Waals surface area contributed by atoms with Crippen molar-refractivity contribution in [1.29, 1.82) is 0 Å². The molecular weight excluding hydrogens is 318 g/mol. The molecular formula is C12H10ClN3O4S. The van der Waals surface area contributed by atoms with Crippen molar-refractivity contribution < 1.29 is 13.3 Å². The number of anilines is 1. The Morgan fingerprint density at radius 1 is 1.29 bits per heavy atom. The number of rotatable bonds is 4. The molecule has 0 radical (unpaired) electrons. The number of hydrogen-bond acceptors (Lipinski definition) is 5. The molecule has 0 spiro atoms. The van der Waals surface area contributed by atoms with Crippen LogP contribution in [0, 0.1) is 17.0 Å². The molecule has 2 rings (SSSR count). The van der Waals surface area contributed by atoms with Crippen LogP contribution < -0.4 is 4.72 Å². The van der Waals surface area contributed by atoms with Gasteiger partial charge in [-0.25, -0.2) is 13.4 Å². The number of benzene rings is 1. The first-order valence-electron chi connectivity index (χ1n) is 5.69. The number of pyridine rings is 1. The second kappa shape index (κ2) is 5.66. The largest absolute Gasteiger partial charge is 0.271 e. The Bertz CT molecular complexity index is 791. The van der Waals surface area contributed by atoms with Gasteiger partial charge >= 0.3 is 0 Å². The van der Waals surface area contributed by atoms with Gasteiger partial charge in [-0.1, -0.05) is 17.7 Å². The molecule has 7 nitrogen and oxygen atoms in total. The van der Waals surface area contributed by atoms with Crippen LogP contribution in [0.2, 0.25) is 5.02 Å². The Labute approximate surface area is 125 Å².